The van der Waals surface area contributed by atoms with Gasteiger partial charge in [0.15, 0.2) is 0 Å². The number of anilines is 2. The van der Waals surface area contributed by atoms with Crippen molar-refractivity contribution >= 4 is 29.1 Å². The summed E-state index contributed by atoms with van der Waals surface area (Å²) in [4.78, 5) is 6.72. The van der Waals surface area contributed by atoms with Gasteiger partial charge in [0, 0.05) is 34.9 Å². The third-order valence-electron chi connectivity index (χ3n) is 6.78. The molecular weight excluding hydrogens is 387 g/mol. The molecule has 0 aliphatic carbocycles. The Kier molecular flexibility index (Phi) is 3.68. The molecule has 0 atom stereocenters. The van der Waals surface area contributed by atoms with Crippen molar-refractivity contribution in [1.82, 2.24) is 4.98 Å². The molecule has 2 nitrogen and oxygen atoms in total. The first-order chi connectivity index (χ1) is 15.9. The number of aromatic nitrogens is 1. The van der Waals surface area contributed by atoms with Crippen molar-refractivity contribution in [2.24, 2.45) is 0 Å². The summed E-state index contributed by atoms with van der Waals surface area (Å²) >= 11 is 0. The molecule has 0 unspecified atom stereocenters. The Balaban J connectivity index is 1.55. The van der Waals surface area contributed by atoms with Gasteiger partial charge >= 0.3 is 6.85 Å². The highest BCUT2D eigenvalue weighted by molar-refractivity contribution is 6.92. The highest BCUT2D eigenvalue weighted by Gasteiger charge is 2.41. The van der Waals surface area contributed by atoms with E-state index < -0.39 is 0 Å². The van der Waals surface area contributed by atoms with Gasteiger partial charge in [-0.05, 0) is 63.5 Å². The Morgan fingerprint density at radius 1 is 0.500 bits per heavy atom. The molecule has 3 heteroatoms. The Morgan fingerprint density at radius 2 is 1.09 bits per heavy atom. The summed E-state index contributed by atoms with van der Waals surface area (Å²) in [5, 5.41) is 0. The molecule has 0 bridgehead atoms. The first-order valence-corrected chi connectivity index (χ1v) is 11.0. The number of hydrogen-bond acceptors (Lipinski definition) is 2. The fourth-order valence-electron chi connectivity index (χ4n) is 5.41. The second-order valence-corrected chi connectivity index (χ2v) is 8.43. The fourth-order valence-corrected chi connectivity index (χ4v) is 5.41. The molecule has 148 valence electrons. The third-order valence-corrected chi connectivity index (χ3v) is 6.78. The van der Waals surface area contributed by atoms with Crippen LogP contribution in [0.4, 0.5) is 11.4 Å². The molecular formula is C29H19BN2. The molecule has 0 saturated heterocycles. The minimum Gasteiger partial charge on any atom is -0.376 e. The van der Waals surface area contributed by atoms with Gasteiger partial charge < -0.3 is 4.81 Å². The number of fused-ring (bicyclic) bond motifs is 11. The Hall–Kier alpha value is -4.11. The van der Waals surface area contributed by atoms with Crippen LogP contribution in [0.5, 0.6) is 0 Å². The molecule has 1 aromatic heterocycles. The first kappa shape index (κ1) is 17.6. The van der Waals surface area contributed by atoms with Gasteiger partial charge in [0.05, 0.1) is 0 Å². The summed E-state index contributed by atoms with van der Waals surface area (Å²) in [7, 11) is 0. The van der Waals surface area contributed by atoms with Crippen LogP contribution < -0.4 is 15.7 Å². The number of nitrogens with zero attached hydrogens (tertiary/aromatic N) is 2. The van der Waals surface area contributed by atoms with Crippen molar-refractivity contribution in [1.29, 1.82) is 0 Å². The molecule has 7 rings (SSSR count). The SMILES string of the molecule is c1ccc2c(c1)B1c3ccccc3-c3cc(-c4ccncc4)ccc3N1c1ccccc1-2. The summed E-state index contributed by atoms with van der Waals surface area (Å²) in [5.41, 5.74) is 12.9. The van der Waals surface area contributed by atoms with E-state index in [9.17, 15) is 0 Å². The smallest absolute Gasteiger partial charge is 0.329 e. The summed E-state index contributed by atoms with van der Waals surface area (Å²) in [5.74, 6) is 0. The van der Waals surface area contributed by atoms with E-state index in [1.54, 1.807) is 0 Å². The minimum absolute atomic E-state index is 0.163. The maximum absolute atomic E-state index is 4.19. The molecule has 0 saturated carbocycles. The molecule has 2 aliphatic heterocycles. The molecule has 4 aromatic carbocycles. The monoisotopic (exact) mass is 406 g/mol. The van der Waals surface area contributed by atoms with Crippen LogP contribution in [-0.4, -0.2) is 11.8 Å². The highest BCUT2D eigenvalue weighted by Crippen LogP contribution is 2.46. The molecule has 2 aliphatic rings. The van der Waals surface area contributed by atoms with E-state index in [0.29, 0.717) is 0 Å². The van der Waals surface area contributed by atoms with Crippen LogP contribution in [0, 0.1) is 0 Å². The lowest BCUT2D eigenvalue weighted by atomic mass is 9.43. The van der Waals surface area contributed by atoms with E-state index in [1.807, 2.05) is 12.4 Å². The maximum atomic E-state index is 4.19. The van der Waals surface area contributed by atoms with E-state index in [-0.39, 0.29) is 6.85 Å². The van der Waals surface area contributed by atoms with Gasteiger partial charge in [0.1, 0.15) is 0 Å². The van der Waals surface area contributed by atoms with Gasteiger partial charge in [-0.2, -0.15) is 0 Å². The van der Waals surface area contributed by atoms with E-state index in [1.165, 1.54) is 55.7 Å². The lowest BCUT2D eigenvalue weighted by Crippen LogP contribution is -2.59. The van der Waals surface area contributed by atoms with E-state index in [4.69, 9.17) is 0 Å². The van der Waals surface area contributed by atoms with Crippen LogP contribution >= 0.6 is 0 Å². The third kappa shape index (κ3) is 2.39. The molecule has 0 amide bonds. The first-order valence-electron chi connectivity index (χ1n) is 11.0. The lowest BCUT2D eigenvalue weighted by molar-refractivity contribution is 1.32. The summed E-state index contributed by atoms with van der Waals surface area (Å²) in [6.45, 7) is 0.163. The van der Waals surface area contributed by atoms with Gasteiger partial charge in [0.25, 0.3) is 0 Å². The van der Waals surface area contributed by atoms with Crippen LogP contribution in [0.25, 0.3) is 33.4 Å². The zero-order valence-corrected chi connectivity index (χ0v) is 17.4. The predicted octanol–water partition coefficient (Wildman–Crippen LogP) is 5.65. The molecule has 0 fully saturated rings. The van der Waals surface area contributed by atoms with Crippen molar-refractivity contribution in [2.75, 3.05) is 4.81 Å². The molecule has 3 heterocycles. The van der Waals surface area contributed by atoms with E-state index in [2.05, 4.69) is 113 Å². The molecule has 0 N–H and O–H groups in total. The summed E-state index contributed by atoms with van der Waals surface area (Å²) in [6, 6.07) is 37.5. The number of hydrogen-bond donors (Lipinski definition) is 0. The average molecular weight is 406 g/mol. The molecule has 0 spiro atoms. The normalized spacial score (nSPS) is 12.9. The number of para-hydroxylation sites is 1. The van der Waals surface area contributed by atoms with Crippen molar-refractivity contribution in [3.63, 3.8) is 0 Å². The molecule has 0 radical (unpaired) electrons. The minimum atomic E-state index is 0.163. The van der Waals surface area contributed by atoms with Crippen molar-refractivity contribution in [3.05, 3.63) is 116 Å². The van der Waals surface area contributed by atoms with Gasteiger partial charge in [-0.1, -0.05) is 72.8 Å². The maximum Gasteiger partial charge on any atom is 0.329 e. The fraction of sp³-hybridized carbons (Fsp3) is 0. The number of rotatable bonds is 1. The topological polar surface area (TPSA) is 16.1 Å². The lowest BCUT2D eigenvalue weighted by Gasteiger charge is -2.43. The second-order valence-electron chi connectivity index (χ2n) is 8.43. The van der Waals surface area contributed by atoms with Crippen molar-refractivity contribution < 1.29 is 0 Å². The van der Waals surface area contributed by atoms with Gasteiger partial charge in [-0.15, -0.1) is 0 Å². The number of benzene rings is 4. The zero-order valence-electron chi connectivity index (χ0n) is 17.4. The molecule has 5 aromatic rings. The van der Waals surface area contributed by atoms with E-state index in [0.717, 1.165) is 0 Å². The average Bonchev–Trinajstić information content (AvgIpc) is 2.88. The Morgan fingerprint density at radius 3 is 1.84 bits per heavy atom. The highest BCUT2D eigenvalue weighted by atomic mass is 15.1. The largest absolute Gasteiger partial charge is 0.376 e. The summed E-state index contributed by atoms with van der Waals surface area (Å²) < 4.78 is 0. The summed E-state index contributed by atoms with van der Waals surface area (Å²) in [6.07, 6.45) is 3.72. The quantitative estimate of drug-likeness (QED) is 0.334. The van der Waals surface area contributed by atoms with Crippen LogP contribution in [0.3, 0.4) is 0 Å². The van der Waals surface area contributed by atoms with Crippen LogP contribution in [-0.2, 0) is 0 Å². The Bertz CT molecular complexity index is 1490. The second kappa shape index (κ2) is 6.70. The van der Waals surface area contributed by atoms with Crippen LogP contribution in [0.2, 0.25) is 0 Å². The predicted molar refractivity (Wildman–Crippen MR) is 134 cm³/mol. The Labute approximate surface area is 187 Å². The van der Waals surface area contributed by atoms with E-state index >= 15 is 0 Å². The van der Waals surface area contributed by atoms with Crippen LogP contribution in [0.15, 0.2) is 116 Å². The zero-order chi connectivity index (χ0) is 21.1. The standard InChI is InChI=1S/C29H19BN2/c1-4-10-26-22(7-1)24-9-3-6-12-28(24)32-29-14-13-21(20-15-17-31-18-16-20)19-25(29)23-8-2-5-11-27(23)30(26)32/h1-19H. The molecule has 32 heavy (non-hydrogen) atoms. The van der Waals surface area contributed by atoms with Crippen LogP contribution in [0.1, 0.15) is 0 Å². The number of pyridine rings is 1. The van der Waals surface area contributed by atoms with Gasteiger partial charge in [-0.25, -0.2) is 0 Å². The van der Waals surface area contributed by atoms with Crippen molar-refractivity contribution in [3.8, 4) is 33.4 Å². The van der Waals surface area contributed by atoms with Crippen molar-refractivity contribution in [2.45, 2.75) is 0 Å². The van der Waals surface area contributed by atoms with Gasteiger partial charge in [-0.3, -0.25) is 4.98 Å². The van der Waals surface area contributed by atoms with Gasteiger partial charge in [0.2, 0.25) is 0 Å².